The molecule has 0 bridgehead atoms. The SMILES string of the molecule is Cc1ccc2nc(C(=O)N3CCN(c4cc(C)nc5ncnn45)CC3)cn2c1. The van der Waals surface area contributed by atoms with Gasteiger partial charge in [-0.2, -0.15) is 14.6 Å². The zero-order chi connectivity index (χ0) is 19.3. The maximum absolute atomic E-state index is 12.9. The lowest BCUT2D eigenvalue weighted by molar-refractivity contribution is 0.0741. The summed E-state index contributed by atoms with van der Waals surface area (Å²) in [7, 11) is 0. The molecule has 1 fully saturated rings. The first-order chi connectivity index (χ1) is 13.6. The van der Waals surface area contributed by atoms with E-state index in [1.54, 1.807) is 4.52 Å². The number of anilines is 1. The smallest absolute Gasteiger partial charge is 0.274 e. The molecule has 1 aliphatic rings. The normalized spacial score (nSPS) is 14.9. The van der Waals surface area contributed by atoms with Crippen LogP contribution in [0.1, 0.15) is 21.7 Å². The molecule has 28 heavy (non-hydrogen) atoms. The van der Waals surface area contributed by atoms with Crippen molar-refractivity contribution in [3.05, 3.63) is 53.9 Å². The molecule has 9 heteroatoms. The molecule has 1 saturated heterocycles. The molecule has 5 heterocycles. The number of hydrogen-bond acceptors (Lipinski definition) is 6. The van der Waals surface area contributed by atoms with Crippen molar-refractivity contribution in [1.82, 2.24) is 33.9 Å². The number of imidazole rings is 1. The van der Waals surface area contributed by atoms with Gasteiger partial charge in [0.25, 0.3) is 11.7 Å². The van der Waals surface area contributed by atoms with Gasteiger partial charge in [0, 0.05) is 50.3 Å². The zero-order valence-electron chi connectivity index (χ0n) is 15.8. The minimum Gasteiger partial charge on any atom is -0.353 e. The lowest BCUT2D eigenvalue weighted by Gasteiger charge is -2.35. The summed E-state index contributed by atoms with van der Waals surface area (Å²) in [6, 6.07) is 5.93. The summed E-state index contributed by atoms with van der Waals surface area (Å²) in [4.78, 5) is 30.0. The molecule has 0 aromatic carbocycles. The van der Waals surface area contributed by atoms with Crippen molar-refractivity contribution in [2.45, 2.75) is 13.8 Å². The molecule has 0 saturated carbocycles. The van der Waals surface area contributed by atoms with Gasteiger partial charge in [0.1, 0.15) is 23.5 Å². The number of pyridine rings is 1. The van der Waals surface area contributed by atoms with E-state index in [1.165, 1.54) is 6.33 Å². The Balaban J connectivity index is 1.34. The van der Waals surface area contributed by atoms with Crippen molar-refractivity contribution in [2.75, 3.05) is 31.1 Å². The number of carbonyl (C=O) groups excluding carboxylic acids is 1. The molecule has 0 radical (unpaired) electrons. The van der Waals surface area contributed by atoms with E-state index in [1.807, 2.05) is 53.7 Å². The predicted molar refractivity (Wildman–Crippen MR) is 104 cm³/mol. The van der Waals surface area contributed by atoms with E-state index in [0.29, 0.717) is 24.6 Å². The Labute approximate surface area is 161 Å². The summed E-state index contributed by atoms with van der Waals surface area (Å²) >= 11 is 0. The molecule has 1 amide bonds. The van der Waals surface area contributed by atoms with Gasteiger partial charge in [-0.25, -0.2) is 9.97 Å². The molecule has 0 aliphatic carbocycles. The van der Waals surface area contributed by atoms with Gasteiger partial charge in [-0.05, 0) is 25.5 Å². The van der Waals surface area contributed by atoms with E-state index in [2.05, 4.69) is 25.0 Å². The van der Waals surface area contributed by atoms with Crippen molar-refractivity contribution < 1.29 is 4.79 Å². The maximum atomic E-state index is 12.9. The fraction of sp³-hybridized carbons (Fsp3) is 0.316. The number of rotatable bonds is 2. The highest BCUT2D eigenvalue weighted by atomic mass is 16.2. The standard InChI is InChI=1S/C19H20N8O/c1-13-3-4-16-23-15(11-26(16)10-13)18(28)25-7-5-24(6-8-25)17-9-14(2)22-19-20-12-21-27(17)19/h3-4,9-12H,5-8H2,1-2H3. The number of fused-ring (bicyclic) bond motifs is 2. The number of piperazine rings is 1. The average Bonchev–Trinajstić information content (AvgIpc) is 3.33. The molecule has 0 unspecified atom stereocenters. The van der Waals surface area contributed by atoms with Crippen molar-refractivity contribution in [3.63, 3.8) is 0 Å². The minimum absolute atomic E-state index is 0.0298. The summed E-state index contributed by atoms with van der Waals surface area (Å²) in [5.41, 5.74) is 3.30. The third kappa shape index (κ3) is 2.75. The van der Waals surface area contributed by atoms with Crippen LogP contribution in [0.15, 0.2) is 36.9 Å². The number of aromatic nitrogens is 6. The first kappa shape index (κ1) is 16.7. The highest BCUT2D eigenvalue weighted by Crippen LogP contribution is 2.19. The van der Waals surface area contributed by atoms with Crippen LogP contribution < -0.4 is 4.90 Å². The third-order valence-corrected chi connectivity index (χ3v) is 5.07. The second-order valence-corrected chi connectivity index (χ2v) is 7.10. The lowest BCUT2D eigenvalue weighted by atomic mass is 10.2. The lowest BCUT2D eigenvalue weighted by Crippen LogP contribution is -2.49. The van der Waals surface area contributed by atoms with Crippen LogP contribution >= 0.6 is 0 Å². The Morgan fingerprint density at radius 3 is 2.68 bits per heavy atom. The van der Waals surface area contributed by atoms with Gasteiger partial charge in [-0.15, -0.1) is 0 Å². The van der Waals surface area contributed by atoms with Crippen LogP contribution in [0, 0.1) is 13.8 Å². The van der Waals surface area contributed by atoms with Gasteiger partial charge in [0.2, 0.25) is 0 Å². The second-order valence-electron chi connectivity index (χ2n) is 7.10. The molecule has 0 spiro atoms. The predicted octanol–water partition coefficient (Wildman–Crippen LogP) is 1.35. The molecule has 9 nitrogen and oxygen atoms in total. The molecule has 1 aliphatic heterocycles. The number of amides is 1. The van der Waals surface area contributed by atoms with Crippen molar-refractivity contribution in [1.29, 1.82) is 0 Å². The molecular weight excluding hydrogens is 356 g/mol. The van der Waals surface area contributed by atoms with Crippen LogP contribution in [0.4, 0.5) is 5.82 Å². The summed E-state index contributed by atoms with van der Waals surface area (Å²) < 4.78 is 3.65. The van der Waals surface area contributed by atoms with Gasteiger partial charge >= 0.3 is 0 Å². The van der Waals surface area contributed by atoms with Gasteiger partial charge < -0.3 is 14.2 Å². The van der Waals surface area contributed by atoms with E-state index in [9.17, 15) is 4.79 Å². The quantitative estimate of drug-likeness (QED) is 0.525. The fourth-order valence-corrected chi connectivity index (χ4v) is 3.64. The van der Waals surface area contributed by atoms with E-state index >= 15 is 0 Å². The molecule has 5 rings (SSSR count). The monoisotopic (exact) mass is 376 g/mol. The Kier molecular flexibility index (Phi) is 3.75. The summed E-state index contributed by atoms with van der Waals surface area (Å²) in [6.45, 7) is 6.66. The van der Waals surface area contributed by atoms with Gasteiger partial charge in [0.15, 0.2) is 0 Å². The highest BCUT2D eigenvalue weighted by Gasteiger charge is 2.25. The summed E-state index contributed by atoms with van der Waals surface area (Å²) in [5, 5.41) is 4.28. The average molecular weight is 376 g/mol. The fourth-order valence-electron chi connectivity index (χ4n) is 3.64. The van der Waals surface area contributed by atoms with Crippen LogP contribution in [0.3, 0.4) is 0 Å². The summed E-state index contributed by atoms with van der Waals surface area (Å²) in [6.07, 6.45) is 5.30. The molecule has 0 atom stereocenters. The minimum atomic E-state index is -0.0298. The molecule has 4 aromatic heterocycles. The highest BCUT2D eigenvalue weighted by molar-refractivity contribution is 5.93. The van der Waals surface area contributed by atoms with E-state index in [4.69, 9.17) is 0 Å². The molecule has 142 valence electrons. The maximum Gasteiger partial charge on any atom is 0.274 e. The Morgan fingerprint density at radius 2 is 1.86 bits per heavy atom. The van der Waals surface area contributed by atoms with E-state index < -0.39 is 0 Å². The molecular formula is C19H20N8O. The number of carbonyl (C=O) groups is 1. The van der Waals surface area contributed by atoms with Crippen molar-refractivity contribution >= 4 is 23.1 Å². The number of aryl methyl sites for hydroxylation is 2. The first-order valence-corrected chi connectivity index (χ1v) is 9.25. The van der Waals surface area contributed by atoms with Crippen LogP contribution in [-0.2, 0) is 0 Å². The number of hydrogen-bond donors (Lipinski definition) is 0. The third-order valence-electron chi connectivity index (χ3n) is 5.07. The zero-order valence-corrected chi connectivity index (χ0v) is 15.8. The Hall–Kier alpha value is -3.49. The van der Waals surface area contributed by atoms with Crippen molar-refractivity contribution in [2.24, 2.45) is 0 Å². The topological polar surface area (TPSA) is 83.9 Å². The van der Waals surface area contributed by atoms with Gasteiger partial charge in [-0.1, -0.05) is 6.07 Å². The van der Waals surface area contributed by atoms with Crippen LogP contribution in [0.25, 0.3) is 11.4 Å². The van der Waals surface area contributed by atoms with Gasteiger partial charge in [0.05, 0.1) is 0 Å². The number of nitrogens with zero attached hydrogens (tertiary/aromatic N) is 8. The molecule has 4 aromatic rings. The van der Waals surface area contributed by atoms with Crippen LogP contribution in [0.2, 0.25) is 0 Å². The Morgan fingerprint density at radius 1 is 1.04 bits per heavy atom. The largest absolute Gasteiger partial charge is 0.353 e. The van der Waals surface area contributed by atoms with E-state index in [-0.39, 0.29) is 5.91 Å². The van der Waals surface area contributed by atoms with Crippen molar-refractivity contribution in [3.8, 4) is 0 Å². The van der Waals surface area contributed by atoms with Gasteiger partial charge in [-0.3, -0.25) is 4.79 Å². The van der Waals surface area contributed by atoms with Crippen LogP contribution in [0.5, 0.6) is 0 Å². The van der Waals surface area contributed by atoms with Crippen LogP contribution in [-0.4, -0.2) is 66.0 Å². The Bertz CT molecular complexity index is 1190. The first-order valence-electron chi connectivity index (χ1n) is 9.25. The second kappa shape index (κ2) is 6.29. The molecule has 0 N–H and O–H groups in total. The van der Waals surface area contributed by atoms with E-state index in [0.717, 1.165) is 35.8 Å². The summed E-state index contributed by atoms with van der Waals surface area (Å²) in [5.74, 6) is 1.52.